The fraction of sp³-hybridized carbons (Fsp3) is 0.217. The fourth-order valence-corrected chi connectivity index (χ4v) is 3.67. The van der Waals surface area contributed by atoms with Crippen molar-refractivity contribution >= 4 is 17.5 Å². The molecule has 3 aromatic rings. The van der Waals surface area contributed by atoms with Crippen molar-refractivity contribution in [1.29, 1.82) is 0 Å². The first-order chi connectivity index (χ1) is 14.6. The van der Waals surface area contributed by atoms with Crippen molar-refractivity contribution in [2.75, 3.05) is 18.0 Å². The van der Waals surface area contributed by atoms with Crippen LogP contribution in [0.25, 0.3) is 0 Å². The minimum Gasteiger partial charge on any atom is -0.467 e. The first-order valence-electron chi connectivity index (χ1n) is 9.80. The molecule has 0 saturated carbocycles. The van der Waals surface area contributed by atoms with Gasteiger partial charge in [-0.25, -0.2) is 4.39 Å². The maximum absolute atomic E-state index is 13.0. The number of fused-ring (bicyclic) bond motifs is 1. The third-order valence-corrected chi connectivity index (χ3v) is 5.20. The zero-order valence-corrected chi connectivity index (χ0v) is 16.3. The highest BCUT2D eigenvalue weighted by Crippen LogP contribution is 2.34. The average molecular weight is 407 g/mol. The van der Waals surface area contributed by atoms with E-state index in [1.807, 2.05) is 24.3 Å². The molecule has 0 radical (unpaired) electrons. The van der Waals surface area contributed by atoms with Crippen molar-refractivity contribution < 1.29 is 18.4 Å². The smallest absolute Gasteiger partial charge is 0.309 e. The molecule has 0 fully saturated rings. The number of hydrogen-bond donors (Lipinski definition) is 2. The number of rotatable bonds is 6. The van der Waals surface area contributed by atoms with Crippen LogP contribution in [0.5, 0.6) is 0 Å². The summed E-state index contributed by atoms with van der Waals surface area (Å²) in [6.45, 7) is 1.18. The number of furan rings is 1. The number of benzene rings is 2. The van der Waals surface area contributed by atoms with E-state index in [4.69, 9.17) is 4.42 Å². The molecule has 2 aromatic carbocycles. The van der Waals surface area contributed by atoms with Gasteiger partial charge in [-0.1, -0.05) is 30.3 Å². The Labute approximate surface area is 173 Å². The van der Waals surface area contributed by atoms with Crippen molar-refractivity contribution in [3.63, 3.8) is 0 Å². The van der Waals surface area contributed by atoms with Crippen LogP contribution < -0.4 is 15.5 Å². The van der Waals surface area contributed by atoms with Crippen LogP contribution in [0, 0.1) is 5.82 Å². The molecule has 6 nitrogen and oxygen atoms in total. The third-order valence-electron chi connectivity index (χ3n) is 5.20. The quantitative estimate of drug-likeness (QED) is 0.616. The molecule has 1 aromatic heterocycles. The normalized spacial score (nSPS) is 13.6. The van der Waals surface area contributed by atoms with Gasteiger partial charge in [-0.2, -0.15) is 0 Å². The molecule has 0 saturated heterocycles. The number of carbonyl (C=O) groups excluding carboxylic acids is 2. The van der Waals surface area contributed by atoms with Gasteiger partial charge in [-0.05, 0) is 47.9 Å². The van der Waals surface area contributed by atoms with Gasteiger partial charge in [0.15, 0.2) is 0 Å². The summed E-state index contributed by atoms with van der Waals surface area (Å²) in [4.78, 5) is 26.7. The molecular weight excluding hydrogens is 385 g/mol. The molecule has 4 rings (SSSR count). The molecule has 154 valence electrons. The molecule has 0 unspecified atom stereocenters. The van der Waals surface area contributed by atoms with Crippen LogP contribution >= 0.6 is 0 Å². The lowest BCUT2D eigenvalue weighted by Crippen LogP contribution is -2.43. The zero-order chi connectivity index (χ0) is 20.9. The van der Waals surface area contributed by atoms with E-state index in [0.29, 0.717) is 5.56 Å². The molecule has 2 N–H and O–H groups in total. The van der Waals surface area contributed by atoms with E-state index in [2.05, 4.69) is 27.7 Å². The van der Waals surface area contributed by atoms with E-state index in [0.717, 1.165) is 24.4 Å². The third kappa shape index (κ3) is 4.35. The van der Waals surface area contributed by atoms with Gasteiger partial charge in [0.1, 0.15) is 17.6 Å². The van der Waals surface area contributed by atoms with Gasteiger partial charge in [-0.15, -0.1) is 0 Å². The molecule has 0 spiro atoms. The van der Waals surface area contributed by atoms with Crippen molar-refractivity contribution in [1.82, 2.24) is 10.6 Å². The Morgan fingerprint density at radius 1 is 1.00 bits per heavy atom. The number of carbonyl (C=O) groups is 2. The second-order valence-corrected chi connectivity index (χ2v) is 7.12. The summed E-state index contributed by atoms with van der Waals surface area (Å²) in [6, 6.07) is 17.3. The van der Waals surface area contributed by atoms with E-state index in [1.54, 1.807) is 18.4 Å². The highest BCUT2D eigenvalue weighted by Gasteiger charge is 2.29. The van der Waals surface area contributed by atoms with Gasteiger partial charge >= 0.3 is 11.8 Å². The summed E-state index contributed by atoms with van der Waals surface area (Å²) >= 11 is 0. The molecule has 0 aliphatic carbocycles. The number of hydrogen-bond acceptors (Lipinski definition) is 4. The molecule has 2 heterocycles. The average Bonchev–Trinajstić information content (AvgIpc) is 3.44. The summed E-state index contributed by atoms with van der Waals surface area (Å²) in [5, 5.41) is 5.26. The number of anilines is 1. The zero-order valence-electron chi connectivity index (χ0n) is 16.3. The molecule has 2 amide bonds. The second kappa shape index (κ2) is 8.82. The summed E-state index contributed by atoms with van der Waals surface area (Å²) in [6.07, 6.45) is 2.51. The van der Waals surface area contributed by atoms with Gasteiger partial charge in [0.25, 0.3) is 0 Å². The Bertz CT molecular complexity index is 1020. The van der Waals surface area contributed by atoms with Crippen LogP contribution in [-0.4, -0.2) is 24.9 Å². The van der Waals surface area contributed by atoms with Crippen molar-refractivity contribution in [2.24, 2.45) is 0 Å². The topological polar surface area (TPSA) is 74.6 Å². The molecule has 1 aliphatic rings. The van der Waals surface area contributed by atoms with Crippen molar-refractivity contribution in [2.45, 2.75) is 19.0 Å². The number of para-hydroxylation sites is 1. The predicted molar refractivity (Wildman–Crippen MR) is 110 cm³/mol. The molecular formula is C23H22FN3O3. The summed E-state index contributed by atoms with van der Waals surface area (Å²) in [5.41, 5.74) is 3.06. The molecule has 1 aliphatic heterocycles. The lowest BCUT2D eigenvalue weighted by atomic mass is 10.1. The number of nitrogens with zero attached hydrogens (tertiary/aromatic N) is 1. The largest absolute Gasteiger partial charge is 0.467 e. The summed E-state index contributed by atoms with van der Waals surface area (Å²) in [7, 11) is 0. The van der Waals surface area contributed by atoms with Gasteiger partial charge in [0.2, 0.25) is 0 Å². The van der Waals surface area contributed by atoms with Gasteiger partial charge < -0.3 is 20.0 Å². The van der Waals surface area contributed by atoms with E-state index in [1.165, 1.54) is 17.7 Å². The molecule has 7 heteroatoms. The standard InChI is InChI=1S/C23H22FN3O3/c24-18-9-7-16(8-10-18)14-25-22(28)23(29)26-15-20(21-6-3-13-30-21)27-12-11-17-4-1-2-5-19(17)27/h1-10,13,20H,11-12,14-15H2,(H,25,28)(H,26,29)/t20-/m1/s1. The first-order valence-corrected chi connectivity index (χ1v) is 9.80. The van der Waals surface area contributed by atoms with E-state index >= 15 is 0 Å². The molecule has 0 bridgehead atoms. The monoisotopic (exact) mass is 407 g/mol. The Morgan fingerprint density at radius 2 is 1.77 bits per heavy atom. The van der Waals surface area contributed by atoms with Crippen LogP contribution in [0.1, 0.15) is 22.9 Å². The maximum Gasteiger partial charge on any atom is 0.309 e. The van der Waals surface area contributed by atoms with E-state index < -0.39 is 11.8 Å². The summed E-state index contributed by atoms with van der Waals surface area (Å²) < 4.78 is 18.6. The lowest BCUT2D eigenvalue weighted by molar-refractivity contribution is -0.139. The number of amides is 2. The van der Waals surface area contributed by atoms with Crippen molar-refractivity contribution in [3.8, 4) is 0 Å². The van der Waals surface area contributed by atoms with Crippen LogP contribution in [0.4, 0.5) is 10.1 Å². The second-order valence-electron chi connectivity index (χ2n) is 7.12. The predicted octanol–water partition coefficient (Wildman–Crippen LogP) is 2.96. The fourth-order valence-electron chi connectivity index (χ4n) is 3.67. The Hall–Kier alpha value is -3.61. The number of nitrogens with one attached hydrogen (secondary N) is 2. The minimum absolute atomic E-state index is 0.146. The maximum atomic E-state index is 13.0. The van der Waals surface area contributed by atoms with E-state index in [9.17, 15) is 14.0 Å². The van der Waals surface area contributed by atoms with Gasteiger partial charge in [0.05, 0.1) is 6.26 Å². The highest BCUT2D eigenvalue weighted by molar-refractivity contribution is 6.35. The highest BCUT2D eigenvalue weighted by atomic mass is 19.1. The Kier molecular flexibility index (Phi) is 5.79. The Balaban J connectivity index is 1.38. The number of halogens is 1. The van der Waals surface area contributed by atoms with Crippen LogP contribution in [0.2, 0.25) is 0 Å². The van der Waals surface area contributed by atoms with Gasteiger partial charge in [0, 0.05) is 25.3 Å². The summed E-state index contributed by atoms with van der Waals surface area (Å²) in [5.74, 6) is -1.09. The molecule has 30 heavy (non-hydrogen) atoms. The SMILES string of the molecule is O=C(NCc1ccc(F)cc1)C(=O)NC[C@H](c1ccco1)N1CCc2ccccc21. The molecule has 1 atom stereocenters. The van der Waals surface area contributed by atoms with Crippen molar-refractivity contribution in [3.05, 3.63) is 89.6 Å². The van der Waals surface area contributed by atoms with Gasteiger partial charge in [-0.3, -0.25) is 9.59 Å². The van der Waals surface area contributed by atoms with Crippen LogP contribution in [0.15, 0.2) is 71.3 Å². The Morgan fingerprint density at radius 3 is 2.53 bits per heavy atom. The minimum atomic E-state index is -0.737. The lowest BCUT2D eigenvalue weighted by Gasteiger charge is -2.29. The van der Waals surface area contributed by atoms with E-state index in [-0.39, 0.29) is 24.9 Å². The van der Waals surface area contributed by atoms with Crippen LogP contribution in [0.3, 0.4) is 0 Å². The first kappa shape index (κ1) is 19.7. The van der Waals surface area contributed by atoms with Crippen LogP contribution in [-0.2, 0) is 22.6 Å².